The highest BCUT2D eigenvalue weighted by molar-refractivity contribution is 5.87. The summed E-state index contributed by atoms with van der Waals surface area (Å²) in [7, 11) is 2.00. The van der Waals surface area contributed by atoms with Gasteiger partial charge in [0, 0.05) is 30.7 Å². The summed E-state index contributed by atoms with van der Waals surface area (Å²) in [6.45, 7) is 9.47. The van der Waals surface area contributed by atoms with Gasteiger partial charge in [-0.2, -0.15) is 0 Å². The molecule has 0 bridgehead atoms. The lowest BCUT2D eigenvalue weighted by Crippen LogP contribution is -2.38. The van der Waals surface area contributed by atoms with Crippen molar-refractivity contribution in [3.05, 3.63) is 41.7 Å². The molecule has 6 atom stereocenters. The molecule has 0 unspecified atom stereocenters. The number of aliphatic hydroxyl groups excluding tert-OH is 1. The number of ketones is 1. The first-order valence-corrected chi connectivity index (χ1v) is 13.0. The normalized spacial score (nSPS) is 33.2. The molecule has 1 N–H and O–H groups in total. The fourth-order valence-electron chi connectivity index (χ4n) is 5.52. The van der Waals surface area contributed by atoms with Gasteiger partial charge in [-0.25, -0.2) is 4.98 Å². The number of aromatic nitrogens is 2. The topological polar surface area (TPSA) is 81.4 Å². The molecule has 190 valence electrons. The van der Waals surface area contributed by atoms with E-state index in [-0.39, 0.29) is 30.2 Å². The molecule has 0 amide bonds. The van der Waals surface area contributed by atoms with Crippen LogP contribution in [0.3, 0.4) is 0 Å². The van der Waals surface area contributed by atoms with E-state index in [0.29, 0.717) is 18.3 Å². The van der Waals surface area contributed by atoms with Crippen LogP contribution >= 0.6 is 0 Å². The van der Waals surface area contributed by atoms with E-state index < -0.39 is 17.4 Å². The van der Waals surface area contributed by atoms with Gasteiger partial charge in [-0.3, -0.25) is 9.59 Å². The highest BCUT2D eigenvalue weighted by atomic mass is 16.5. The average molecular weight is 481 g/mol. The van der Waals surface area contributed by atoms with Crippen molar-refractivity contribution in [1.82, 2.24) is 9.55 Å². The standard InChI is InChI=1S/C29H40N2O4/c1-17-8-7-9-20-14-22(20)16-25(21-10-11-24-23(15-21)30-19(3)31(24)6)35-26(32)12-13-29(4,5)28(34)18(2)27(17)33/h7-8,10-11,15,17-18,20,22,25,27,33H,9,12-14,16H2,1-6H3/b8-7+/t17-,18+,20+,22-,25-,27-/m0/s1. The van der Waals surface area contributed by atoms with Crippen LogP contribution in [0.2, 0.25) is 0 Å². The highest BCUT2D eigenvalue weighted by Gasteiger charge is 2.40. The van der Waals surface area contributed by atoms with E-state index in [0.717, 1.165) is 41.7 Å². The van der Waals surface area contributed by atoms with E-state index in [4.69, 9.17) is 4.74 Å². The number of ether oxygens (including phenoxy) is 1. The number of imidazole rings is 1. The van der Waals surface area contributed by atoms with Crippen molar-refractivity contribution in [2.75, 3.05) is 0 Å². The fraction of sp³-hybridized carbons (Fsp3) is 0.621. The van der Waals surface area contributed by atoms with Crippen molar-refractivity contribution >= 4 is 22.8 Å². The van der Waals surface area contributed by atoms with Gasteiger partial charge in [0.1, 0.15) is 17.7 Å². The molecule has 0 spiro atoms. The van der Waals surface area contributed by atoms with E-state index in [1.165, 1.54) is 0 Å². The number of aryl methyl sites for hydroxylation is 2. The second kappa shape index (κ2) is 9.88. The summed E-state index contributed by atoms with van der Waals surface area (Å²) in [6, 6.07) is 6.16. The first-order chi connectivity index (χ1) is 16.5. The number of allylic oxidation sites excluding steroid dienone is 1. The van der Waals surface area contributed by atoms with E-state index in [9.17, 15) is 14.7 Å². The SMILES string of the molecule is Cc1nc2cc([C@@H]3C[C@@H]4C[C@H]4C/C=C/[C@H](C)[C@H](O)[C@@H](C)C(=O)C(C)(C)CCC(=O)O3)ccc2n1C. The summed E-state index contributed by atoms with van der Waals surface area (Å²) < 4.78 is 8.12. The van der Waals surface area contributed by atoms with E-state index in [1.807, 2.05) is 40.8 Å². The van der Waals surface area contributed by atoms with Crippen LogP contribution in [0.5, 0.6) is 0 Å². The summed E-state index contributed by atoms with van der Waals surface area (Å²) in [4.78, 5) is 30.8. The molecule has 1 fully saturated rings. The number of carbonyl (C=O) groups excluding carboxylic acids is 2. The van der Waals surface area contributed by atoms with Crippen molar-refractivity contribution in [3.63, 3.8) is 0 Å². The predicted molar refractivity (Wildman–Crippen MR) is 137 cm³/mol. The largest absolute Gasteiger partial charge is 0.457 e. The second-order valence-electron chi connectivity index (χ2n) is 11.5. The predicted octanol–water partition coefficient (Wildman–Crippen LogP) is 5.46. The van der Waals surface area contributed by atoms with Crippen molar-refractivity contribution in [2.45, 2.75) is 78.9 Å². The lowest BCUT2D eigenvalue weighted by molar-refractivity contribution is -0.151. The molecule has 35 heavy (non-hydrogen) atoms. The van der Waals surface area contributed by atoms with Crippen molar-refractivity contribution in [1.29, 1.82) is 0 Å². The Labute approximate surface area is 208 Å². The molecule has 1 aliphatic heterocycles. The number of rotatable bonds is 1. The first kappa shape index (κ1) is 25.6. The summed E-state index contributed by atoms with van der Waals surface area (Å²) in [5.74, 6) is 1.12. The third-order valence-electron chi connectivity index (χ3n) is 8.32. The Bertz CT molecular complexity index is 1130. The number of carbonyl (C=O) groups is 2. The van der Waals surface area contributed by atoms with Gasteiger partial charge in [-0.15, -0.1) is 0 Å². The number of nitrogens with zero attached hydrogens (tertiary/aromatic N) is 2. The third-order valence-corrected chi connectivity index (χ3v) is 8.32. The number of cyclic esters (lactones) is 1. The Morgan fingerprint density at radius 2 is 1.89 bits per heavy atom. The molecule has 1 aromatic carbocycles. The lowest BCUT2D eigenvalue weighted by Gasteiger charge is -2.30. The monoisotopic (exact) mass is 480 g/mol. The molecular weight excluding hydrogens is 440 g/mol. The third kappa shape index (κ3) is 5.53. The molecule has 6 heteroatoms. The Morgan fingerprint density at radius 3 is 2.63 bits per heavy atom. The maximum Gasteiger partial charge on any atom is 0.306 e. The number of aliphatic hydroxyl groups is 1. The zero-order valence-electron chi connectivity index (χ0n) is 22.0. The lowest BCUT2D eigenvalue weighted by atomic mass is 9.75. The summed E-state index contributed by atoms with van der Waals surface area (Å²) >= 11 is 0. The van der Waals surface area contributed by atoms with Crippen molar-refractivity contribution < 1.29 is 19.4 Å². The summed E-state index contributed by atoms with van der Waals surface area (Å²) in [6.07, 6.45) is 6.56. The molecule has 1 saturated carbocycles. The molecular formula is C29H40N2O4. The first-order valence-electron chi connectivity index (χ1n) is 13.0. The molecule has 2 heterocycles. The smallest absolute Gasteiger partial charge is 0.306 e. The molecule has 0 radical (unpaired) electrons. The van der Waals surface area contributed by atoms with E-state index >= 15 is 0 Å². The zero-order valence-corrected chi connectivity index (χ0v) is 22.0. The maximum atomic E-state index is 13.2. The van der Waals surface area contributed by atoms with E-state index in [2.05, 4.69) is 33.8 Å². The molecule has 2 aliphatic rings. The van der Waals surface area contributed by atoms with Crippen molar-refractivity contribution in [3.8, 4) is 0 Å². The van der Waals surface area contributed by atoms with Gasteiger partial charge in [-0.1, -0.05) is 45.9 Å². The number of benzene rings is 1. The number of Topliss-reactive ketones (excluding diaryl/α,β-unsaturated/α-hetero) is 1. The van der Waals surface area contributed by atoms with Crippen LogP contribution in [-0.2, 0) is 21.4 Å². The van der Waals surface area contributed by atoms with Crippen LogP contribution in [0, 0.1) is 36.0 Å². The van der Waals surface area contributed by atoms with Gasteiger partial charge >= 0.3 is 5.97 Å². The maximum absolute atomic E-state index is 13.2. The van der Waals surface area contributed by atoms with E-state index in [1.54, 1.807) is 6.92 Å². The molecule has 0 saturated heterocycles. The fourth-order valence-corrected chi connectivity index (χ4v) is 5.52. The Hall–Kier alpha value is -2.47. The highest BCUT2D eigenvalue weighted by Crippen LogP contribution is 2.48. The number of hydrogen-bond acceptors (Lipinski definition) is 5. The van der Waals surface area contributed by atoms with Crippen LogP contribution in [-0.4, -0.2) is 32.5 Å². The second-order valence-corrected chi connectivity index (χ2v) is 11.5. The Kier molecular flexibility index (Phi) is 7.23. The van der Waals surface area contributed by atoms with Crippen LogP contribution in [0.25, 0.3) is 11.0 Å². The Morgan fingerprint density at radius 1 is 1.14 bits per heavy atom. The van der Waals surface area contributed by atoms with Gasteiger partial charge in [0.15, 0.2) is 0 Å². The summed E-state index contributed by atoms with van der Waals surface area (Å²) in [5.41, 5.74) is 2.23. The van der Waals surface area contributed by atoms with Crippen LogP contribution in [0.1, 0.15) is 77.3 Å². The minimum Gasteiger partial charge on any atom is -0.457 e. The average Bonchev–Trinajstić information content (AvgIpc) is 3.50. The van der Waals surface area contributed by atoms with Crippen molar-refractivity contribution in [2.24, 2.45) is 36.1 Å². The van der Waals surface area contributed by atoms with Gasteiger partial charge < -0.3 is 14.4 Å². The van der Waals surface area contributed by atoms with Gasteiger partial charge in [0.25, 0.3) is 0 Å². The molecule has 1 aliphatic carbocycles. The molecule has 4 rings (SSSR count). The quantitative estimate of drug-likeness (QED) is 0.433. The number of hydrogen-bond donors (Lipinski definition) is 1. The van der Waals surface area contributed by atoms with Crippen LogP contribution in [0.4, 0.5) is 0 Å². The van der Waals surface area contributed by atoms with Crippen LogP contribution < -0.4 is 0 Å². The number of esters is 1. The molecule has 6 nitrogen and oxygen atoms in total. The number of fused-ring (bicyclic) bond motifs is 2. The summed E-state index contributed by atoms with van der Waals surface area (Å²) in [5, 5.41) is 10.8. The zero-order chi connectivity index (χ0) is 25.5. The molecule has 2 aromatic rings. The van der Waals surface area contributed by atoms with Gasteiger partial charge in [0.2, 0.25) is 0 Å². The molecule has 1 aromatic heterocycles. The van der Waals surface area contributed by atoms with Crippen LogP contribution in [0.15, 0.2) is 30.4 Å². The van der Waals surface area contributed by atoms with Gasteiger partial charge in [-0.05, 0) is 62.1 Å². The Balaban J connectivity index is 1.59. The van der Waals surface area contributed by atoms with Gasteiger partial charge in [0.05, 0.1) is 17.1 Å². The minimum absolute atomic E-state index is 0.0140. The minimum atomic E-state index is -0.734.